The number of benzene rings is 3. The van der Waals surface area contributed by atoms with Crippen LogP contribution in [0, 0.1) is 7.14 Å². The maximum atomic E-state index is 13.9. The van der Waals surface area contributed by atoms with Gasteiger partial charge in [-0.1, -0.05) is 64.9 Å². The predicted molar refractivity (Wildman–Crippen MR) is 184 cm³/mol. The van der Waals surface area contributed by atoms with Crippen molar-refractivity contribution in [3.05, 3.63) is 125 Å². The van der Waals surface area contributed by atoms with Crippen LogP contribution in [0.5, 0.6) is 5.75 Å². The number of allylic oxidation sites excluding steroid dienone is 1. The van der Waals surface area contributed by atoms with Crippen LogP contribution in [0.25, 0.3) is 6.08 Å². The number of hydrogen-bond acceptors (Lipinski definition) is 6. The number of nitrogens with zero attached hydrogens (tertiary/aromatic N) is 2. The molecule has 0 aliphatic carbocycles. The molecule has 1 atom stereocenters. The normalized spacial score (nSPS) is 15.0. The van der Waals surface area contributed by atoms with Crippen molar-refractivity contribution in [1.82, 2.24) is 4.57 Å². The summed E-state index contributed by atoms with van der Waals surface area (Å²) in [6.07, 6.45) is 1.52. The molecule has 0 N–H and O–H groups in total. The number of carbonyl (C=O) groups excluding carboxylic acids is 1. The zero-order chi connectivity index (χ0) is 30.1. The van der Waals surface area contributed by atoms with Crippen molar-refractivity contribution in [2.75, 3.05) is 0 Å². The highest BCUT2D eigenvalue weighted by Gasteiger charge is 2.33. The number of fused-ring (bicyclic) bond motifs is 1. The summed E-state index contributed by atoms with van der Waals surface area (Å²) in [5.41, 5.74) is 3.08. The molecule has 1 aliphatic rings. The Morgan fingerprint density at radius 2 is 1.76 bits per heavy atom. The van der Waals surface area contributed by atoms with E-state index in [4.69, 9.17) is 32.7 Å². The lowest BCUT2D eigenvalue weighted by molar-refractivity contribution is -0.143. The van der Waals surface area contributed by atoms with Crippen LogP contribution in [-0.2, 0) is 16.1 Å². The Kier molecular flexibility index (Phi) is 9.83. The third kappa shape index (κ3) is 6.64. The number of esters is 1. The third-order valence-corrected chi connectivity index (χ3v) is 9.62. The second-order valence-electron chi connectivity index (χ2n) is 9.78. The van der Waals surface area contributed by atoms with Crippen LogP contribution in [0.1, 0.15) is 43.5 Å². The lowest BCUT2D eigenvalue weighted by Crippen LogP contribution is -2.40. The summed E-state index contributed by atoms with van der Waals surface area (Å²) in [6.45, 7) is 5.69. The first-order chi connectivity index (χ1) is 20.0. The molecule has 0 amide bonds. The summed E-state index contributed by atoms with van der Waals surface area (Å²) in [4.78, 5) is 32.4. The largest absolute Gasteiger partial charge is 0.487 e. The van der Waals surface area contributed by atoms with Crippen molar-refractivity contribution in [2.24, 2.45) is 4.99 Å². The van der Waals surface area contributed by atoms with E-state index >= 15 is 0 Å². The lowest BCUT2D eigenvalue weighted by Gasteiger charge is -2.25. The number of ether oxygens (including phenoxy) is 2. The van der Waals surface area contributed by atoms with Gasteiger partial charge in [-0.2, -0.15) is 0 Å². The van der Waals surface area contributed by atoms with Gasteiger partial charge in [-0.25, -0.2) is 9.79 Å². The molecular weight excluding hydrogens is 821 g/mol. The van der Waals surface area contributed by atoms with Gasteiger partial charge in [0.1, 0.15) is 12.4 Å². The van der Waals surface area contributed by atoms with Crippen LogP contribution in [0.4, 0.5) is 0 Å². The van der Waals surface area contributed by atoms with Gasteiger partial charge in [-0.15, -0.1) is 0 Å². The Morgan fingerprint density at radius 1 is 1.10 bits per heavy atom. The first kappa shape index (κ1) is 31.2. The molecule has 0 spiro atoms. The van der Waals surface area contributed by atoms with Gasteiger partial charge in [0.05, 0.1) is 35.1 Å². The van der Waals surface area contributed by atoms with Crippen molar-refractivity contribution in [1.29, 1.82) is 0 Å². The number of aromatic nitrogens is 1. The molecular formula is C31H24Cl2I2N2O4S. The molecule has 4 aromatic rings. The molecule has 0 saturated carbocycles. The highest BCUT2D eigenvalue weighted by atomic mass is 127. The molecule has 0 saturated heterocycles. The number of hydrogen-bond donors (Lipinski definition) is 0. The van der Waals surface area contributed by atoms with E-state index in [0.29, 0.717) is 37.3 Å². The first-order valence-electron chi connectivity index (χ1n) is 12.9. The zero-order valence-electron chi connectivity index (χ0n) is 22.7. The van der Waals surface area contributed by atoms with Gasteiger partial charge >= 0.3 is 5.97 Å². The Balaban J connectivity index is 1.56. The second kappa shape index (κ2) is 13.2. The summed E-state index contributed by atoms with van der Waals surface area (Å²) in [6, 6.07) is 17.9. The number of thiazole rings is 1. The topological polar surface area (TPSA) is 69.9 Å². The average molecular weight is 845 g/mol. The van der Waals surface area contributed by atoms with Crippen molar-refractivity contribution >= 4 is 91.8 Å². The SMILES string of the molecule is CC1=C(C(=O)OC(C)C)[C@H](c2ccc(Cl)cc2)n2c(s/c(=C\c3cc(I)c(OCc4ccccc4Cl)c(I)c3)c2=O)=N1. The van der Waals surface area contributed by atoms with Crippen LogP contribution >= 0.6 is 79.7 Å². The van der Waals surface area contributed by atoms with E-state index in [0.717, 1.165) is 29.6 Å². The number of halogens is 4. The van der Waals surface area contributed by atoms with E-state index in [1.165, 1.54) is 11.3 Å². The van der Waals surface area contributed by atoms with Gasteiger partial charge in [0.25, 0.3) is 5.56 Å². The molecule has 42 heavy (non-hydrogen) atoms. The Bertz CT molecular complexity index is 1880. The fourth-order valence-electron chi connectivity index (χ4n) is 4.54. The first-order valence-corrected chi connectivity index (χ1v) is 16.6. The molecule has 2 heterocycles. The molecule has 0 fully saturated rings. The summed E-state index contributed by atoms with van der Waals surface area (Å²) in [7, 11) is 0. The van der Waals surface area contributed by atoms with Crippen molar-refractivity contribution in [3.8, 4) is 5.75 Å². The van der Waals surface area contributed by atoms with E-state index in [1.54, 1.807) is 37.5 Å². The van der Waals surface area contributed by atoms with Gasteiger partial charge in [0, 0.05) is 15.6 Å². The van der Waals surface area contributed by atoms with E-state index in [9.17, 15) is 9.59 Å². The Labute approximate surface area is 284 Å². The number of rotatable bonds is 7. The molecule has 0 bridgehead atoms. The van der Waals surface area contributed by atoms with Crippen LogP contribution in [0.2, 0.25) is 10.0 Å². The maximum absolute atomic E-state index is 13.9. The Hall–Kier alpha value is -2.19. The average Bonchev–Trinajstić information content (AvgIpc) is 3.22. The van der Waals surface area contributed by atoms with Gasteiger partial charge in [0.15, 0.2) is 4.80 Å². The molecule has 6 nitrogen and oxygen atoms in total. The highest BCUT2D eigenvalue weighted by molar-refractivity contribution is 14.1. The fraction of sp³-hybridized carbons (Fsp3) is 0.194. The molecule has 1 aromatic heterocycles. The van der Waals surface area contributed by atoms with Crippen molar-refractivity contribution in [2.45, 2.75) is 39.5 Å². The number of carbonyl (C=O) groups is 1. The van der Waals surface area contributed by atoms with Crippen LogP contribution in [0.15, 0.2) is 81.7 Å². The quantitative estimate of drug-likeness (QED) is 0.145. The molecule has 216 valence electrons. The van der Waals surface area contributed by atoms with Crippen molar-refractivity contribution in [3.63, 3.8) is 0 Å². The summed E-state index contributed by atoms with van der Waals surface area (Å²) < 4.78 is 15.6. The minimum absolute atomic E-state index is 0.245. The van der Waals surface area contributed by atoms with Crippen LogP contribution in [-0.4, -0.2) is 16.6 Å². The molecule has 3 aromatic carbocycles. The second-order valence-corrected chi connectivity index (χ2v) is 14.0. The lowest BCUT2D eigenvalue weighted by atomic mass is 9.96. The van der Waals surface area contributed by atoms with Gasteiger partial charge in [-0.3, -0.25) is 9.36 Å². The smallest absolute Gasteiger partial charge is 0.338 e. The highest BCUT2D eigenvalue weighted by Crippen LogP contribution is 2.33. The molecule has 11 heteroatoms. The van der Waals surface area contributed by atoms with Crippen LogP contribution < -0.4 is 19.6 Å². The monoisotopic (exact) mass is 844 g/mol. The molecule has 5 rings (SSSR count). The summed E-state index contributed by atoms with van der Waals surface area (Å²) >= 11 is 18.2. The van der Waals surface area contributed by atoms with E-state index in [2.05, 4.69) is 50.2 Å². The van der Waals surface area contributed by atoms with Gasteiger partial charge in [0.2, 0.25) is 0 Å². The standard InChI is InChI=1S/C31H24Cl2I2N2O4S/c1-16(2)41-30(39)26-17(3)36-31-37(27(26)19-8-10-21(32)11-9-19)29(38)25(42-31)14-18-12-23(34)28(24(35)13-18)40-15-20-6-4-5-7-22(20)33/h4-14,16,27H,15H2,1-3H3/b25-14-/t27-/m0/s1. The predicted octanol–water partition coefficient (Wildman–Crippen LogP) is 7.28. The van der Waals surface area contributed by atoms with Crippen molar-refractivity contribution < 1.29 is 14.3 Å². The molecule has 0 radical (unpaired) electrons. The fourth-order valence-corrected chi connectivity index (χ4v) is 8.03. The van der Waals surface area contributed by atoms with E-state index in [-0.39, 0.29) is 11.7 Å². The molecule has 1 aliphatic heterocycles. The minimum Gasteiger partial charge on any atom is -0.487 e. The van der Waals surface area contributed by atoms with E-state index in [1.807, 2.05) is 54.6 Å². The van der Waals surface area contributed by atoms with Crippen LogP contribution in [0.3, 0.4) is 0 Å². The third-order valence-electron chi connectivity index (χ3n) is 6.42. The van der Waals surface area contributed by atoms with E-state index < -0.39 is 12.0 Å². The minimum atomic E-state index is -0.701. The maximum Gasteiger partial charge on any atom is 0.338 e. The summed E-state index contributed by atoms with van der Waals surface area (Å²) in [5.74, 6) is 0.248. The zero-order valence-corrected chi connectivity index (χ0v) is 29.3. The van der Waals surface area contributed by atoms with Gasteiger partial charge in [-0.05, 0) is 113 Å². The molecule has 0 unspecified atom stereocenters. The summed E-state index contributed by atoms with van der Waals surface area (Å²) in [5, 5.41) is 1.21. The van der Waals surface area contributed by atoms with Gasteiger partial charge < -0.3 is 9.47 Å². The Morgan fingerprint density at radius 3 is 2.40 bits per heavy atom.